The molecule has 0 aliphatic carbocycles. The Morgan fingerprint density at radius 3 is 2.50 bits per heavy atom. The van der Waals surface area contributed by atoms with Crippen LogP contribution in [0, 0.1) is 0 Å². The van der Waals surface area contributed by atoms with E-state index in [0.29, 0.717) is 12.4 Å². The maximum atomic E-state index is 8.53. The molecule has 0 amide bonds. The molecule has 0 fully saturated rings. The van der Waals surface area contributed by atoms with Crippen molar-refractivity contribution in [2.45, 2.75) is 0 Å². The summed E-state index contributed by atoms with van der Waals surface area (Å²) in [4.78, 5) is 3.62. The summed E-state index contributed by atoms with van der Waals surface area (Å²) in [6.07, 6.45) is 0. The van der Waals surface area contributed by atoms with E-state index < -0.39 is 0 Å². The van der Waals surface area contributed by atoms with E-state index in [-0.39, 0.29) is 0 Å². The average molecular weight is 117 g/mol. The van der Waals surface area contributed by atoms with E-state index in [0.717, 1.165) is 5.06 Å². The second-order valence-corrected chi connectivity index (χ2v) is 1.53. The summed E-state index contributed by atoms with van der Waals surface area (Å²) in [6.45, 7) is 0.302. The van der Waals surface area contributed by atoms with Gasteiger partial charge in [-0.2, -0.15) is 5.06 Å². The van der Waals surface area contributed by atoms with Crippen LogP contribution in [0.5, 0.6) is 0 Å². The van der Waals surface area contributed by atoms with E-state index in [1.165, 1.54) is 7.05 Å². The molecule has 48 valence electrons. The lowest BCUT2D eigenvalue weighted by Gasteiger charge is -2.04. The number of hydrogen-bond acceptors (Lipinski definition) is 3. The van der Waals surface area contributed by atoms with Crippen molar-refractivity contribution in [1.29, 1.82) is 0 Å². The number of hydroxylamine groups is 2. The fourth-order valence-electron chi connectivity index (χ4n) is 0.305. The smallest absolute Gasteiger partial charge is 0.110 e. The zero-order valence-corrected chi connectivity index (χ0v) is 5.13. The second-order valence-electron chi connectivity index (χ2n) is 1.53. The lowest BCUT2D eigenvalue weighted by molar-refractivity contribution is -0.0494. The molecule has 0 heterocycles. The van der Waals surface area contributed by atoms with Gasteiger partial charge in [-0.25, -0.2) is 0 Å². The van der Waals surface area contributed by atoms with E-state index in [1.54, 1.807) is 7.05 Å². The predicted molar refractivity (Wildman–Crippen MR) is 32.0 cm³/mol. The second kappa shape index (κ2) is 3.40. The van der Waals surface area contributed by atoms with Gasteiger partial charge >= 0.3 is 0 Å². The molecule has 0 aliphatic rings. The molecule has 0 radical (unpaired) electrons. The molecular formula is C4H11N3O. The maximum Gasteiger partial charge on any atom is 0.110 e. The van der Waals surface area contributed by atoms with Gasteiger partial charge in [0.2, 0.25) is 0 Å². The zero-order chi connectivity index (χ0) is 6.57. The average Bonchev–Trinajstić information content (AvgIpc) is 1.65. The van der Waals surface area contributed by atoms with Crippen LogP contribution in [-0.4, -0.2) is 36.7 Å². The van der Waals surface area contributed by atoms with Crippen molar-refractivity contribution in [2.75, 3.05) is 20.6 Å². The quantitative estimate of drug-likeness (QED) is 0.285. The lowest BCUT2D eigenvalue weighted by Crippen LogP contribution is -2.28. The number of likely N-dealkylation sites (N-methyl/N-ethyl adjacent to an activating group) is 1. The van der Waals surface area contributed by atoms with Crippen LogP contribution in [-0.2, 0) is 0 Å². The number of amidine groups is 1. The molecule has 0 atom stereocenters. The van der Waals surface area contributed by atoms with Gasteiger partial charge < -0.3 is 10.9 Å². The molecule has 0 saturated carbocycles. The molecule has 4 nitrogen and oxygen atoms in total. The van der Waals surface area contributed by atoms with E-state index in [9.17, 15) is 0 Å². The van der Waals surface area contributed by atoms with Crippen molar-refractivity contribution in [3.8, 4) is 0 Å². The summed E-state index contributed by atoms with van der Waals surface area (Å²) >= 11 is 0. The molecule has 0 bridgehead atoms. The maximum absolute atomic E-state index is 8.53. The molecule has 3 N–H and O–H groups in total. The highest BCUT2D eigenvalue weighted by Crippen LogP contribution is 1.71. The van der Waals surface area contributed by atoms with Gasteiger partial charge in [0, 0.05) is 14.1 Å². The molecule has 0 spiro atoms. The molecule has 0 aromatic rings. The van der Waals surface area contributed by atoms with Gasteiger partial charge in [0.05, 0.1) is 6.54 Å². The zero-order valence-electron chi connectivity index (χ0n) is 5.13. The molecule has 4 heteroatoms. The van der Waals surface area contributed by atoms with Crippen molar-refractivity contribution in [1.82, 2.24) is 5.06 Å². The predicted octanol–water partition coefficient (Wildman–Crippen LogP) is -0.706. The summed E-state index contributed by atoms with van der Waals surface area (Å²) in [6, 6.07) is 0. The van der Waals surface area contributed by atoms with Crippen molar-refractivity contribution < 1.29 is 5.21 Å². The number of rotatable bonds is 2. The highest BCUT2D eigenvalue weighted by Gasteiger charge is 1.91. The Balaban J connectivity index is 3.39. The molecule has 0 aromatic carbocycles. The Kier molecular flexibility index (Phi) is 3.14. The summed E-state index contributed by atoms with van der Waals surface area (Å²) in [5.74, 6) is 0.426. The molecule has 0 aromatic heterocycles. The Morgan fingerprint density at radius 1 is 1.88 bits per heavy atom. The highest BCUT2D eigenvalue weighted by atomic mass is 16.5. The van der Waals surface area contributed by atoms with Gasteiger partial charge in [0.15, 0.2) is 0 Å². The Hall–Kier alpha value is -0.610. The van der Waals surface area contributed by atoms with E-state index in [1.807, 2.05) is 0 Å². The fraction of sp³-hybridized carbons (Fsp3) is 0.750. The first kappa shape index (κ1) is 7.39. The summed E-state index contributed by atoms with van der Waals surface area (Å²) < 4.78 is 0. The molecular weight excluding hydrogens is 106 g/mol. The minimum atomic E-state index is 0.302. The van der Waals surface area contributed by atoms with Crippen molar-refractivity contribution in [2.24, 2.45) is 10.7 Å². The van der Waals surface area contributed by atoms with Crippen LogP contribution >= 0.6 is 0 Å². The highest BCUT2D eigenvalue weighted by molar-refractivity contribution is 5.81. The van der Waals surface area contributed by atoms with Gasteiger partial charge in [-0.3, -0.25) is 4.99 Å². The van der Waals surface area contributed by atoms with E-state index in [4.69, 9.17) is 10.9 Å². The number of aliphatic imine (C=N–C) groups is 1. The third-order valence-electron chi connectivity index (χ3n) is 0.678. The van der Waals surface area contributed by atoms with Gasteiger partial charge in [-0.05, 0) is 0 Å². The van der Waals surface area contributed by atoms with Crippen LogP contribution in [0.4, 0.5) is 0 Å². The topological polar surface area (TPSA) is 61.8 Å². The third kappa shape index (κ3) is 3.58. The minimum Gasteiger partial charge on any atom is -0.386 e. The fourth-order valence-corrected chi connectivity index (χ4v) is 0.305. The van der Waals surface area contributed by atoms with Crippen LogP contribution in [0.2, 0.25) is 0 Å². The summed E-state index contributed by atoms with van der Waals surface area (Å²) in [5.41, 5.74) is 5.22. The van der Waals surface area contributed by atoms with Crippen molar-refractivity contribution >= 4 is 5.84 Å². The van der Waals surface area contributed by atoms with Gasteiger partial charge in [-0.15, -0.1) is 0 Å². The summed E-state index contributed by atoms with van der Waals surface area (Å²) in [7, 11) is 3.09. The third-order valence-corrected chi connectivity index (χ3v) is 0.678. The van der Waals surface area contributed by atoms with Crippen molar-refractivity contribution in [3.63, 3.8) is 0 Å². The van der Waals surface area contributed by atoms with Gasteiger partial charge in [0.1, 0.15) is 5.84 Å². The Labute approximate surface area is 48.6 Å². The van der Waals surface area contributed by atoms with Gasteiger partial charge in [-0.1, -0.05) is 0 Å². The van der Waals surface area contributed by atoms with Crippen LogP contribution in [0.25, 0.3) is 0 Å². The van der Waals surface area contributed by atoms with E-state index in [2.05, 4.69) is 4.99 Å². The first-order valence-electron chi connectivity index (χ1n) is 2.28. The van der Waals surface area contributed by atoms with Crippen LogP contribution in [0.3, 0.4) is 0 Å². The van der Waals surface area contributed by atoms with Crippen LogP contribution < -0.4 is 5.73 Å². The van der Waals surface area contributed by atoms with Crippen molar-refractivity contribution in [3.05, 3.63) is 0 Å². The normalized spacial score (nSPS) is 12.8. The first-order valence-corrected chi connectivity index (χ1v) is 2.28. The molecule has 0 unspecified atom stereocenters. The Morgan fingerprint density at radius 2 is 2.38 bits per heavy atom. The van der Waals surface area contributed by atoms with Gasteiger partial charge in [0.25, 0.3) is 0 Å². The molecule has 0 aliphatic heterocycles. The largest absolute Gasteiger partial charge is 0.386 e. The van der Waals surface area contributed by atoms with Crippen LogP contribution in [0.1, 0.15) is 0 Å². The summed E-state index contributed by atoms with van der Waals surface area (Å²) in [5, 5.41) is 9.50. The van der Waals surface area contributed by atoms with E-state index >= 15 is 0 Å². The monoisotopic (exact) mass is 117 g/mol. The molecule has 0 rings (SSSR count). The SMILES string of the molecule is CN=C(N)CN(C)O. The standard InChI is InChI=1S/C4H11N3O/c1-6-4(5)3-7(2)8/h8H,3H2,1-2H3,(H2,5,6). The first-order chi connectivity index (χ1) is 3.66. The minimum absolute atomic E-state index is 0.302. The molecule has 8 heavy (non-hydrogen) atoms. The Bertz CT molecular complexity index is 89.3. The lowest BCUT2D eigenvalue weighted by atomic mass is 10.6. The number of nitrogens with two attached hydrogens (primary N) is 1. The number of hydrogen-bond donors (Lipinski definition) is 2. The number of nitrogens with zero attached hydrogens (tertiary/aromatic N) is 2. The molecule has 0 saturated heterocycles. The van der Waals surface area contributed by atoms with Crippen LogP contribution in [0.15, 0.2) is 4.99 Å².